The maximum Gasteiger partial charge on any atom is 0.258 e. The van der Waals surface area contributed by atoms with Crippen LogP contribution in [0.1, 0.15) is 35.1 Å². The average Bonchev–Trinajstić information content (AvgIpc) is 3.45. The molecular formula is C21H18FN5O. The number of likely N-dealkylation sites (tertiary alicyclic amines) is 1. The van der Waals surface area contributed by atoms with Crippen LogP contribution in [0.3, 0.4) is 0 Å². The van der Waals surface area contributed by atoms with Crippen LogP contribution in [0.25, 0.3) is 22.3 Å². The van der Waals surface area contributed by atoms with Crippen molar-refractivity contribution in [1.29, 1.82) is 0 Å². The van der Waals surface area contributed by atoms with Gasteiger partial charge in [-0.25, -0.2) is 9.37 Å². The van der Waals surface area contributed by atoms with Crippen LogP contribution in [0.2, 0.25) is 0 Å². The quantitative estimate of drug-likeness (QED) is 0.567. The van der Waals surface area contributed by atoms with E-state index in [0.29, 0.717) is 34.7 Å². The Bertz CT molecular complexity index is 1150. The molecule has 5 rings (SSSR count). The summed E-state index contributed by atoms with van der Waals surface area (Å²) >= 11 is 0. The molecule has 1 fully saturated rings. The van der Waals surface area contributed by atoms with E-state index in [1.807, 2.05) is 35.2 Å². The van der Waals surface area contributed by atoms with Crippen LogP contribution < -0.4 is 0 Å². The number of hydrogen-bond acceptors (Lipinski definition) is 3. The van der Waals surface area contributed by atoms with Gasteiger partial charge in [-0.15, -0.1) is 0 Å². The first-order valence-electron chi connectivity index (χ1n) is 9.25. The number of aromatic nitrogens is 4. The number of nitrogens with one attached hydrogen (secondary N) is 2. The SMILES string of the molecule is O=C(c1cn[nH]c1-c1ccccc1)N1CCCC1c1nc2ccc(F)cc2[nH]1. The van der Waals surface area contributed by atoms with Gasteiger partial charge in [0.1, 0.15) is 11.6 Å². The fraction of sp³-hybridized carbons (Fsp3) is 0.190. The maximum absolute atomic E-state index is 13.5. The van der Waals surface area contributed by atoms with Crippen LogP contribution in [0.15, 0.2) is 54.7 Å². The van der Waals surface area contributed by atoms with Gasteiger partial charge in [-0.1, -0.05) is 30.3 Å². The summed E-state index contributed by atoms with van der Waals surface area (Å²) in [5.74, 6) is 0.297. The zero-order valence-electron chi connectivity index (χ0n) is 15.0. The van der Waals surface area contributed by atoms with Crippen LogP contribution >= 0.6 is 0 Å². The summed E-state index contributed by atoms with van der Waals surface area (Å²) in [6.07, 6.45) is 3.28. The Morgan fingerprint density at radius 3 is 2.89 bits per heavy atom. The smallest absolute Gasteiger partial charge is 0.258 e. The van der Waals surface area contributed by atoms with Gasteiger partial charge in [0.25, 0.3) is 5.91 Å². The second-order valence-electron chi connectivity index (χ2n) is 6.96. The predicted molar refractivity (Wildman–Crippen MR) is 103 cm³/mol. The molecule has 0 saturated carbocycles. The van der Waals surface area contributed by atoms with Crippen LogP contribution in [0.4, 0.5) is 4.39 Å². The molecule has 0 radical (unpaired) electrons. The summed E-state index contributed by atoms with van der Waals surface area (Å²) < 4.78 is 13.5. The van der Waals surface area contributed by atoms with E-state index in [2.05, 4.69) is 20.2 Å². The van der Waals surface area contributed by atoms with Crippen molar-refractivity contribution in [2.75, 3.05) is 6.54 Å². The largest absolute Gasteiger partial charge is 0.340 e. The van der Waals surface area contributed by atoms with E-state index in [9.17, 15) is 9.18 Å². The normalized spacial score (nSPS) is 16.8. The molecule has 0 aliphatic carbocycles. The Morgan fingerprint density at radius 2 is 2.04 bits per heavy atom. The maximum atomic E-state index is 13.5. The molecule has 140 valence electrons. The Balaban J connectivity index is 1.49. The molecule has 1 amide bonds. The highest BCUT2D eigenvalue weighted by Crippen LogP contribution is 2.34. The molecule has 2 aromatic carbocycles. The summed E-state index contributed by atoms with van der Waals surface area (Å²) in [4.78, 5) is 22.9. The van der Waals surface area contributed by atoms with E-state index >= 15 is 0 Å². The zero-order chi connectivity index (χ0) is 19.1. The van der Waals surface area contributed by atoms with E-state index in [-0.39, 0.29) is 17.8 Å². The Hall–Kier alpha value is -3.48. The van der Waals surface area contributed by atoms with E-state index in [4.69, 9.17) is 0 Å². The Labute approximate surface area is 160 Å². The Morgan fingerprint density at radius 1 is 1.18 bits per heavy atom. The lowest BCUT2D eigenvalue weighted by Crippen LogP contribution is -2.31. The van der Waals surface area contributed by atoms with Crippen LogP contribution in [0.5, 0.6) is 0 Å². The average molecular weight is 375 g/mol. The number of amides is 1. The first-order chi connectivity index (χ1) is 13.7. The van der Waals surface area contributed by atoms with Crippen LogP contribution in [-0.2, 0) is 0 Å². The number of carbonyl (C=O) groups excluding carboxylic acids is 1. The van der Waals surface area contributed by atoms with Crippen molar-refractivity contribution in [2.24, 2.45) is 0 Å². The van der Waals surface area contributed by atoms with Crippen molar-refractivity contribution < 1.29 is 9.18 Å². The highest BCUT2D eigenvalue weighted by molar-refractivity contribution is 6.00. The molecule has 1 saturated heterocycles. The molecule has 3 heterocycles. The minimum absolute atomic E-state index is 0.0817. The van der Waals surface area contributed by atoms with Gasteiger partial charge < -0.3 is 9.88 Å². The molecule has 0 bridgehead atoms. The molecule has 2 N–H and O–H groups in total. The van der Waals surface area contributed by atoms with E-state index in [1.54, 1.807) is 12.3 Å². The van der Waals surface area contributed by atoms with Crippen LogP contribution in [0, 0.1) is 5.82 Å². The van der Waals surface area contributed by atoms with Gasteiger partial charge in [0, 0.05) is 12.1 Å². The number of aromatic amines is 2. The second kappa shape index (κ2) is 6.60. The van der Waals surface area contributed by atoms with Crippen molar-refractivity contribution in [3.05, 3.63) is 71.9 Å². The molecule has 28 heavy (non-hydrogen) atoms. The standard InChI is InChI=1S/C21H18FN5O/c22-14-8-9-16-17(11-14)25-20(24-16)18-7-4-10-27(18)21(28)15-12-23-26-19(15)13-5-2-1-3-6-13/h1-3,5-6,8-9,11-12,18H,4,7,10H2,(H,23,26)(H,24,25). The van der Waals surface area contributed by atoms with Gasteiger partial charge in [0.15, 0.2) is 0 Å². The predicted octanol–water partition coefficient (Wildman–Crippen LogP) is 4.07. The molecule has 4 aromatic rings. The second-order valence-corrected chi connectivity index (χ2v) is 6.96. The van der Waals surface area contributed by atoms with Crippen LogP contribution in [-0.4, -0.2) is 37.5 Å². The fourth-order valence-electron chi connectivity index (χ4n) is 3.88. The number of carbonyl (C=O) groups is 1. The van der Waals surface area contributed by atoms with Crippen molar-refractivity contribution in [1.82, 2.24) is 25.1 Å². The lowest BCUT2D eigenvalue weighted by atomic mass is 10.1. The minimum atomic E-state index is -0.312. The van der Waals surface area contributed by atoms with Gasteiger partial charge in [0.2, 0.25) is 0 Å². The number of nitrogens with zero attached hydrogens (tertiary/aromatic N) is 3. The zero-order valence-corrected chi connectivity index (χ0v) is 15.0. The number of imidazole rings is 1. The van der Waals surface area contributed by atoms with Gasteiger partial charge in [-0.3, -0.25) is 9.89 Å². The van der Waals surface area contributed by atoms with Crippen molar-refractivity contribution in [3.8, 4) is 11.3 Å². The molecular weight excluding hydrogens is 357 g/mol. The van der Waals surface area contributed by atoms with Crippen molar-refractivity contribution in [3.63, 3.8) is 0 Å². The van der Waals surface area contributed by atoms with Gasteiger partial charge in [0.05, 0.1) is 34.5 Å². The van der Waals surface area contributed by atoms with E-state index in [0.717, 1.165) is 18.4 Å². The molecule has 0 spiro atoms. The highest BCUT2D eigenvalue weighted by atomic mass is 19.1. The van der Waals surface area contributed by atoms with E-state index in [1.165, 1.54) is 12.1 Å². The molecule has 1 aliphatic rings. The third-order valence-electron chi connectivity index (χ3n) is 5.22. The number of benzene rings is 2. The summed E-state index contributed by atoms with van der Waals surface area (Å²) in [6.45, 7) is 0.647. The highest BCUT2D eigenvalue weighted by Gasteiger charge is 2.34. The molecule has 1 atom stereocenters. The lowest BCUT2D eigenvalue weighted by Gasteiger charge is -2.23. The molecule has 6 nitrogen and oxygen atoms in total. The monoisotopic (exact) mass is 375 g/mol. The molecule has 1 unspecified atom stereocenters. The van der Waals surface area contributed by atoms with Crippen molar-refractivity contribution >= 4 is 16.9 Å². The Kier molecular flexibility index (Phi) is 3.93. The first kappa shape index (κ1) is 16.7. The van der Waals surface area contributed by atoms with Gasteiger partial charge in [-0.05, 0) is 31.0 Å². The number of hydrogen-bond donors (Lipinski definition) is 2. The molecule has 1 aliphatic heterocycles. The summed E-state index contributed by atoms with van der Waals surface area (Å²) in [5, 5.41) is 7.04. The van der Waals surface area contributed by atoms with Crippen molar-refractivity contribution in [2.45, 2.75) is 18.9 Å². The fourth-order valence-corrected chi connectivity index (χ4v) is 3.88. The van der Waals surface area contributed by atoms with E-state index < -0.39 is 0 Å². The third-order valence-corrected chi connectivity index (χ3v) is 5.22. The van der Waals surface area contributed by atoms with Gasteiger partial charge >= 0.3 is 0 Å². The number of H-pyrrole nitrogens is 2. The molecule has 2 aromatic heterocycles. The third kappa shape index (κ3) is 2.76. The van der Waals surface area contributed by atoms with Gasteiger partial charge in [-0.2, -0.15) is 5.10 Å². The number of fused-ring (bicyclic) bond motifs is 1. The summed E-state index contributed by atoms with van der Waals surface area (Å²) in [7, 11) is 0. The summed E-state index contributed by atoms with van der Waals surface area (Å²) in [6, 6.07) is 14.0. The first-order valence-corrected chi connectivity index (χ1v) is 9.25. The number of halogens is 1. The lowest BCUT2D eigenvalue weighted by molar-refractivity contribution is 0.0731. The topological polar surface area (TPSA) is 77.7 Å². The number of rotatable bonds is 3. The molecule has 7 heteroatoms. The minimum Gasteiger partial charge on any atom is -0.340 e. The summed E-state index contributed by atoms with van der Waals surface area (Å²) in [5.41, 5.74) is 3.51.